The van der Waals surface area contributed by atoms with Crippen LogP contribution in [0.2, 0.25) is 0 Å². The third-order valence-electron chi connectivity index (χ3n) is 6.39. The summed E-state index contributed by atoms with van der Waals surface area (Å²) in [5.41, 5.74) is 4.20. The zero-order chi connectivity index (χ0) is 19.5. The molecule has 2 heterocycles. The fourth-order valence-corrected chi connectivity index (χ4v) is 4.65. The highest BCUT2D eigenvalue weighted by molar-refractivity contribution is 5.65. The Balaban J connectivity index is 1.22. The van der Waals surface area contributed by atoms with Gasteiger partial charge in [0.25, 0.3) is 0 Å². The van der Waals surface area contributed by atoms with Gasteiger partial charge in [0.2, 0.25) is 0 Å². The molecular weight excluding hydrogens is 360 g/mol. The normalized spacial score (nSPS) is 20.0. The first-order valence-corrected chi connectivity index (χ1v) is 11.0. The Morgan fingerprint density at radius 1 is 0.966 bits per heavy atom. The number of piperidine rings is 1. The number of para-hydroxylation sites is 1. The molecule has 1 aliphatic carbocycles. The summed E-state index contributed by atoms with van der Waals surface area (Å²) in [6, 6.07) is 18.2. The number of benzene rings is 2. The average Bonchev–Trinajstić information content (AvgIpc) is 2.73. The van der Waals surface area contributed by atoms with Crippen LogP contribution in [0.15, 0.2) is 60.2 Å². The number of nitrogens with one attached hydrogen (secondary N) is 1. The Morgan fingerprint density at radius 3 is 2.52 bits per heavy atom. The van der Waals surface area contributed by atoms with E-state index in [4.69, 9.17) is 9.47 Å². The lowest BCUT2D eigenvalue weighted by Gasteiger charge is -2.38. The van der Waals surface area contributed by atoms with E-state index in [9.17, 15) is 0 Å². The number of allylic oxidation sites excluding steroid dienone is 1. The van der Waals surface area contributed by atoms with Crippen LogP contribution in [-0.4, -0.2) is 38.4 Å². The van der Waals surface area contributed by atoms with Crippen molar-refractivity contribution in [3.63, 3.8) is 0 Å². The fraction of sp³-hybridized carbons (Fsp3) is 0.440. The quantitative estimate of drug-likeness (QED) is 0.744. The smallest absolute Gasteiger partial charge is 0.184 e. The molecule has 4 heteroatoms. The molecule has 0 spiro atoms. The molecule has 3 aliphatic rings. The van der Waals surface area contributed by atoms with Crippen molar-refractivity contribution in [3.05, 3.63) is 65.7 Å². The molecule has 4 nitrogen and oxygen atoms in total. The molecule has 0 saturated carbocycles. The van der Waals surface area contributed by atoms with E-state index in [0.29, 0.717) is 25.3 Å². The molecular formula is C25H30N2O2. The number of fused-ring (bicyclic) bond motifs is 1. The van der Waals surface area contributed by atoms with Crippen molar-refractivity contribution in [3.8, 4) is 11.5 Å². The van der Waals surface area contributed by atoms with Gasteiger partial charge >= 0.3 is 0 Å². The standard InChI is InChI=1S/C25H30N2O2/c1-2-6-19(7-3-1)18-22(20-8-4-9-20)26-21-12-14-27(15-13-21)23-10-5-11-24-25(23)29-17-16-28-24/h1-3,5-8,10-11,21-22,26H,4,9,12-18H2. The van der Waals surface area contributed by atoms with Crippen LogP contribution in [0.1, 0.15) is 31.2 Å². The minimum Gasteiger partial charge on any atom is -0.486 e. The summed E-state index contributed by atoms with van der Waals surface area (Å²) in [6.07, 6.45) is 8.30. The van der Waals surface area contributed by atoms with E-state index in [0.717, 1.165) is 43.9 Å². The van der Waals surface area contributed by atoms with E-state index >= 15 is 0 Å². The van der Waals surface area contributed by atoms with Crippen LogP contribution in [0.3, 0.4) is 0 Å². The molecule has 1 fully saturated rings. The number of hydrogen-bond acceptors (Lipinski definition) is 4. The Kier molecular flexibility index (Phi) is 5.44. The van der Waals surface area contributed by atoms with E-state index in [1.807, 2.05) is 6.07 Å². The molecule has 29 heavy (non-hydrogen) atoms. The van der Waals surface area contributed by atoms with Crippen LogP contribution >= 0.6 is 0 Å². The lowest BCUT2D eigenvalue weighted by atomic mass is 9.87. The summed E-state index contributed by atoms with van der Waals surface area (Å²) in [4.78, 5) is 2.46. The predicted molar refractivity (Wildman–Crippen MR) is 117 cm³/mol. The van der Waals surface area contributed by atoms with E-state index in [2.05, 4.69) is 58.8 Å². The van der Waals surface area contributed by atoms with Crippen molar-refractivity contribution in [1.29, 1.82) is 0 Å². The van der Waals surface area contributed by atoms with Crippen LogP contribution in [0.5, 0.6) is 11.5 Å². The number of hydrogen-bond donors (Lipinski definition) is 1. The second kappa shape index (κ2) is 8.50. The molecule has 0 aromatic heterocycles. The molecule has 1 N–H and O–H groups in total. The van der Waals surface area contributed by atoms with Gasteiger partial charge in [-0.15, -0.1) is 0 Å². The minimum absolute atomic E-state index is 0.476. The Labute approximate surface area is 173 Å². The van der Waals surface area contributed by atoms with Gasteiger partial charge in [-0.05, 0) is 49.8 Å². The van der Waals surface area contributed by atoms with Crippen LogP contribution in [0.25, 0.3) is 0 Å². The van der Waals surface area contributed by atoms with Gasteiger partial charge in [-0.1, -0.05) is 48.0 Å². The van der Waals surface area contributed by atoms with E-state index in [1.165, 1.54) is 24.1 Å². The molecule has 0 bridgehead atoms. The largest absolute Gasteiger partial charge is 0.486 e. The van der Waals surface area contributed by atoms with Gasteiger partial charge < -0.3 is 19.7 Å². The van der Waals surface area contributed by atoms with Gasteiger partial charge in [-0.25, -0.2) is 0 Å². The first kappa shape index (κ1) is 18.6. The second-order valence-corrected chi connectivity index (χ2v) is 8.29. The lowest BCUT2D eigenvalue weighted by molar-refractivity contribution is 0.172. The highest BCUT2D eigenvalue weighted by Gasteiger charge is 2.27. The van der Waals surface area contributed by atoms with Crippen molar-refractivity contribution in [2.45, 2.75) is 44.2 Å². The van der Waals surface area contributed by atoms with Crippen molar-refractivity contribution in [1.82, 2.24) is 5.32 Å². The molecule has 0 amide bonds. The van der Waals surface area contributed by atoms with E-state index < -0.39 is 0 Å². The van der Waals surface area contributed by atoms with Crippen LogP contribution in [0.4, 0.5) is 5.69 Å². The van der Waals surface area contributed by atoms with Gasteiger partial charge in [0.05, 0.1) is 5.69 Å². The van der Waals surface area contributed by atoms with Gasteiger partial charge in [0.1, 0.15) is 13.2 Å². The summed E-state index contributed by atoms with van der Waals surface area (Å²) < 4.78 is 11.7. The SMILES string of the molecule is C1=C(C(Cc2ccccc2)NC2CCN(c3cccc4c3OCCO4)CC2)CC1. The first-order valence-electron chi connectivity index (χ1n) is 11.0. The number of ether oxygens (including phenoxy) is 2. The minimum atomic E-state index is 0.476. The lowest BCUT2D eigenvalue weighted by Crippen LogP contribution is -2.48. The Bertz CT molecular complexity index is 856. The van der Waals surface area contributed by atoms with E-state index in [-0.39, 0.29) is 0 Å². The summed E-state index contributed by atoms with van der Waals surface area (Å²) in [5, 5.41) is 3.99. The maximum Gasteiger partial charge on any atom is 0.184 e. The maximum atomic E-state index is 5.93. The van der Waals surface area contributed by atoms with Crippen molar-refractivity contribution < 1.29 is 9.47 Å². The number of nitrogens with zero attached hydrogens (tertiary/aromatic N) is 1. The van der Waals surface area contributed by atoms with Crippen LogP contribution in [0, 0.1) is 0 Å². The third kappa shape index (κ3) is 4.13. The monoisotopic (exact) mass is 390 g/mol. The molecule has 5 rings (SSSR count). The summed E-state index contributed by atoms with van der Waals surface area (Å²) in [6.45, 7) is 3.38. The molecule has 0 radical (unpaired) electrons. The molecule has 1 saturated heterocycles. The second-order valence-electron chi connectivity index (χ2n) is 8.29. The number of rotatable bonds is 6. The third-order valence-corrected chi connectivity index (χ3v) is 6.39. The topological polar surface area (TPSA) is 33.7 Å². The number of anilines is 1. The summed E-state index contributed by atoms with van der Waals surface area (Å²) in [7, 11) is 0. The predicted octanol–water partition coefficient (Wildman–Crippen LogP) is 4.35. The zero-order valence-corrected chi connectivity index (χ0v) is 17.0. The molecule has 152 valence electrons. The molecule has 1 unspecified atom stereocenters. The van der Waals surface area contributed by atoms with Gasteiger partial charge in [-0.2, -0.15) is 0 Å². The molecule has 1 atom stereocenters. The highest BCUT2D eigenvalue weighted by Crippen LogP contribution is 2.40. The molecule has 2 aromatic rings. The molecule has 2 aliphatic heterocycles. The Hall–Kier alpha value is -2.46. The van der Waals surface area contributed by atoms with Crippen molar-refractivity contribution in [2.24, 2.45) is 0 Å². The summed E-state index contributed by atoms with van der Waals surface area (Å²) >= 11 is 0. The van der Waals surface area contributed by atoms with Gasteiger partial charge in [-0.3, -0.25) is 0 Å². The fourth-order valence-electron chi connectivity index (χ4n) is 4.65. The first-order chi connectivity index (χ1) is 14.4. The Morgan fingerprint density at radius 2 is 1.76 bits per heavy atom. The average molecular weight is 391 g/mol. The maximum absolute atomic E-state index is 5.93. The molecule has 2 aromatic carbocycles. The van der Waals surface area contributed by atoms with Crippen molar-refractivity contribution >= 4 is 5.69 Å². The van der Waals surface area contributed by atoms with Crippen molar-refractivity contribution in [2.75, 3.05) is 31.2 Å². The van der Waals surface area contributed by atoms with Gasteiger partial charge in [0, 0.05) is 25.2 Å². The summed E-state index contributed by atoms with van der Waals surface area (Å²) in [5.74, 6) is 1.81. The van der Waals surface area contributed by atoms with E-state index in [1.54, 1.807) is 5.57 Å². The van der Waals surface area contributed by atoms with Crippen LogP contribution < -0.4 is 19.7 Å². The van der Waals surface area contributed by atoms with Gasteiger partial charge in [0.15, 0.2) is 11.5 Å². The zero-order valence-electron chi connectivity index (χ0n) is 17.0. The highest BCUT2D eigenvalue weighted by atomic mass is 16.6. The van der Waals surface area contributed by atoms with Crippen LogP contribution in [-0.2, 0) is 6.42 Å².